The number of hydrogen-bond acceptors (Lipinski definition) is 6. The molecule has 7 heteroatoms. The fourth-order valence-electron chi connectivity index (χ4n) is 1.37. The Morgan fingerprint density at radius 1 is 1.05 bits per heavy atom. The number of ether oxygens (including phenoxy) is 2. The summed E-state index contributed by atoms with van der Waals surface area (Å²) in [5.41, 5.74) is 0.347. The molecule has 0 aromatic heterocycles. The molecular weight excluding hydrogens is 254 g/mol. The number of anilines is 1. The summed E-state index contributed by atoms with van der Waals surface area (Å²) in [7, 11) is 2.39. The lowest BCUT2D eigenvalue weighted by atomic mass is 10.1. The van der Waals surface area contributed by atoms with Crippen molar-refractivity contribution in [2.45, 2.75) is 0 Å². The number of benzene rings is 1. The smallest absolute Gasteiger partial charge is 0.337 e. The van der Waals surface area contributed by atoms with Crippen molar-refractivity contribution in [2.24, 2.45) is 0 Å². The summed E-state index contributed by atoms with van der Waals surface area (Å²) < 4.78 is 9.08. The van der Waals surface area contributed by atoms with Crippen LogP contribution in [-0.2, 0) is 14.3 Å². The van der Waals surface area contributed by atoms with E-state index in [2.05, 4.69) is 14.8 Å². The number of esters is 2. The number of rotatable bonds is 4. The molecule has 0 aliphatic rings. The monoisotopic (exact) mass is 267 g/mol. The maximum absolute atomic E-state index is 11.4. The molecule has 7 nitrogen and oxygen atoms in total. The normalized spacial score (nSPS) is 9.63. The van der Waals surface area contributed by atoms with Crippen LogP contribution < -0.4 is 5.32 Å². The fourth-order valence-corrected chi connectivity index (χ4v) is 1.37. The molecule has 0 unspecified atom stereocenters. The van der Waals surface area contributed by atoms with Crippen molar-refractivity contribution in [2.75, 3.05) is 26.1 Å². The van der Waals surface area contributed by atoms with E-state index in [0.29, 0.717) is 0 Å². The second-order valence-corrected chi connectivity index (χ2v) is 3.49. The van der Waals surface area contributed by atoms with Crippen LogP contribution >= 0.6 is 0 Å². The number of aliphatic hydroxyl groups is 1. The molecule has 19 heavy (non-hydrogen) atoms. The molecule has 0 aliphatic heterocycles. The summed E-state index contributed by atoms with van der Waals surface area (Å²) in [6, 6.07) is 3.93. The Bertz CT molecular complexity index is 477. The first-order valence-corrected chi connectivity index (χ1v) is 5.24. The van der Waals surface area contributed by atoms with Crippen LogP contribution in [-0.4, -0.2) is 43.8 Å². The highest BCUT2D eigenvalue weighted by Gasteiger charge is 2.14. The number of carbonyl (C=O) groups excluding carboxylic acids is 3. The van der Waals surface area contributed by atoms with Gasteiger partial charge in [-0.15, -0.1) is 0 Å². The average Bonchev–Trinajstić information content (AvgIpc) is 2.44. The lowest BCUT2D eigenvalue weighted by molar-refractivity contribution is -0.118. The molecule has 1 rings (SSSR count). The second kappa shape index (κ2) is 6.50. The maximum atomic E-state index is 11.4. The van der Waals surface area contributed by atoms with E-state index in [1.54, 1.807) is 0 Å². The van der Waals surface area contributed by atoms with Crippen LogP contribution in [0.4, 0.5) is 5.69 Å². The van der Waals surface area contributed by atoms with Gasteiger partial charge in [-0.1, -0.05) is 0 Å². The van der Waals surface area contributed by atoms with Crippen molar-refractivity contribution in [1.29, 1.82) is 0 Å². The molecule has 0 heterocycles. The zero-order valence-electron chi connectivity index (χ0n) is 10.4. The third-order valence-electron chi connectivity index (χ3n) is 2.20. The summed E-state index contributed by atoms with van der Waals surface area (Å²) in [5.74, 6) is -1.99. The Morgan fingerprint density at radius 3 is 1.89 bits per heavy atom. The SMILES string of the molecule is COC(=O)c1cc(NC(=O)CO)cc(C(=O)OC)c1. The molecule has 0 saturated heterocycles. The van der Waals surface area contributed by atoms with Crippen LogP contribution in [0.5, 0.6) is 0 Å². The molecule has 0 bridgehead atoms. The molecular formula is C12H13NO6. The molecule has 0 radical (unpaired) electrons. The molecule has 0 saturated carbocycles. The highest BCUT2D eigenvalue weighted by molar-refractivity contribution is 5.99. The Hall–Kier alpha value is -2.41. The number of amides is 1. The number of aliphatic hydroxyl groups excluding tert-OH is 1. The predicted molar refractivity (Wildman–Crippen MR) is 64.8 cm³/mol. The minimum Gasteiger partial charge on any atom is -0.465 e. The Morgan fingerprint density at radius 2 is 1.53 bits per heavy atom. The lowest BCUT2D eigenvalue weighted by Crippen LogP contribution is -2.17. The average molecular weight is 267 g/mol. The summed E-state index contributed by atoms with van der Waals surface area (Å²) >= 11 is 0. The van der Waals surface area contributed by atoms with Crippen molar-refractivity contribution < 1.29 is 29.0 Å². The van der Waals surface area contributed by atoms with Crippen LogP contribution in [0, 0.1) is 0 Å². The van der Waals surface area contributed by atoms with Crippen molar-refractivity contribution in [3.05, 3.63) is 29.3 Å². The Balaban J connectivity index is 3.19. The zero-order valence-corrected chi connectivity index (χ0v) is 10.4. The molecule has 0 atom stereocenters. The van der Waals surface area contributed by atoms with E-state index in [9.17, 15) is 14.4 Å². The van der Waals surface area contributed by atoms with Gasteiger partial charge in [0.15, 0.2) is 0 Å². The van der Waals surface area contributed by atoms with E-state index in [1.165, 1.54) is 32.4 Å². The summed E-state index contributed by atoms with van der Waals surface area (Å²) in [6.07, 6.45) is 0. The van der Waals surface area contributed by atoms with Crippen molar-refractivity contribution in [3.8, 4) is 0 Å². The van der Waals surface area contributed by atoms with Gasteiger partial charge in [0.2, 0.25) is 5.91 Å². The van der Waals surface area contributed by atoms with Crippen LogP contribution in [0.15, 0.2) is 18.2 Å². The third-order valence-corrected chi connectivity index (χ3v) is 2.20. The molecule has 0 aliphatic carbocycles. The molecule has 0 spiro atoms. The number of methoxy groups -OCH3 is 2. The summed E-state index contributed by atoms with van der Waals surface area (Å²) in [6.45, 7) is -0.712. The van der Waals surface area contributed by atoms with Gasteiger partial charge in [0, 0.05) is 5.69 Å². The Labute approximate surface area is 109 Å². The lowest BCUT2D eigenvalue weighted by Gasteiger charge is -2.08. The number of nitrogens with one attached hydrogen (secondary N) is 1. The highest BCUT2D eigenvalue weighted by Crippen LogP contribution is 2.17. The van der Waals surface area contributed by atoms with Gasteiger partial charge in [0.05, 0.1) is 25.3 Å². The van der Waals surface area contributed by atoms with Crippen molar-refractivity contribution in [3.63, 3.8) is 0 Å². The molecule has 102 valence electrons. The van der Waals surface area contributed by atoms with Gasteiger partial charge in [-0.2, -0.15) is 0 Å². The van der Waals surface area contributed by atoms with Crippen molar-refractivity contribution >= 4 is 23.5 Å². The van der Waals surface area contributed by atoms with Crippen molar-refractivity contribution in [1.82, 2.24) is 0 Å². The van der Waals surface area contributed by atoms with Gasteiger partial charge >= 0.3 is 11.9 Å². The first-order chi connectivity index (χ1) is 9.01. The highest BCUT2D eigenvalue weighted by atomic mass is 16.5. The van der Waals surface area contributed by atoms with Gasteiger partial charge in [-0.25, -0.2) is 9.59 Å². The fraction of sp³-hybridized carbons (Fsp3) is 0.250. The van der Waals surface area contributed by atoms with Gasteiger partial charge in [-0.3, -0.25) is 4.79 Å². The molecule has 1 aromatic rings. The summed E-state index contributed by atoms with van der Waals surface area (Å²) in [5, 5.41) is 11.0. The molecule has 1 aromatic carbocycles. The minimum absolute atomic E-state index is 0.0821. The zero-order chi connectivity index (χ0) is 14.4. The molecule has 0 fully saturated rings. The first-order valence-electron chi connectivity index (χ1n) is 5.24. The van der Waals surface area contributed by atoms with Crippen LogP contribution in [0.2, 0.25) is 0 Å². The molecule has 2 N–H and O–H groups in total. The number of carbonyl (C=O) groups is 3. The topological polar surface area (TPSA) is 102 Å². The van der Waals surface area contributed by atoms with E-state index >= 15 is 0 Å². The van der Waals surface area contributed by atoms with E-state index in [1.807, 2.05) is 0 Å². The largest absolute Gasteiger partial charge is 0.465 e. The maximum Gasteiger partial charge on any atom is 0.337 e. The van der Waals surface area contributed by atoms with Crippen LogP contribution in [0.3, 0.4) is 0 Å². The first kappa shape index (κ1) is 14.7. The van der Waals surface area contributed by atoms with Crippen LogP contribution in [0.25, 0.3) is 0 Å². The number of hydrogen-bond donors (Lipinski definition) is 2. The minimum atomic E-state index is -0.712. The summed E-state index contributed by atoms with van der Waals surface area (Å²) in [4.78, 5) is 34.0. The second-order valence-electron chi connectivity index (χ2n) is 3.49. The quantitative estimate of drug-likeness (QED) is 0.755. The van der Waals surface area contributed by atoms with E-state index in [0.717, 1.165) is 0 Å². The van der Waals surface area contributed by atoms with Gasteiger partial charge < -0.3 is 19.9 Å². The van der Waals surface area contributed by atoms with Gasteiger partial charge in [-0.05, 0) is 18.2 Å². The van der Waals surface area contributed by atoms with Crippen LogP contribution in [0.1, 0.15) is 20.7 Å². The van der Waals surface area contributed by atoms with Gasteiger partial charge in [0.25, 0.3) is 0 Å². The molecule has 1 amide bonds. The van der Waals surface area contributed by atoms with Gasteiger partial charge in [0.1, 0.15) is 6.61 Å². The van der Waals surface area contributed by atoms with E-state index in [-0.39, 0.29) is 16.8 Å². The third kappa shape index (κ3) is 3.78. The van der Waals surface area contributed by atoms with E-state index < -0.39 is 24.5 Å². The van der Waals surface area contributed by atoms with E-state index in [4.69, 9.17) is 5.11 Å². The standard InChI is InChI=1S/C12H13NO6/c1-18-11(16)7-3-8(12(17)19-2)5-9(4-7)13-10(15)6-14/h3-5,14H,6H2,1-2H3,(H,13,15). The Kier molecular flexibility index (Phi) is 5.01. The predicted octanol–water partition coefficient (Wildman–Crippen LogP) is 0.191.